The summed E-state index contributed by atoms with van der Waals surface area (Å²) in [6, 6.07) is 7.24. The summed E-state index contributed by atoms with van der Waals surface area (Å²) in [7, 11) is 0. The van der Waals surface area contributed by atoms with E-state index in [-0.39, 0.29) is 0 Å². The first-order valence-corrected chi connectivity index (χ1v) is 4.10. The van der Waals surface area contributed by atoms with E-state index in [4.69, 9.17) is 0 Å². The van der Waals surface area contributed by atoms with Gasteiger partial charge in [0.2, 0.25) is 0 Å². The van der Waals surface area contributed by atoms with E-state index in [0.29, 0.717) is 5.69 Å². The molecule has 1 aliphatic heterocycles. The first-order chi connectivity index (χ1) is 5.36. The van der Waals surface area contributed by atoms with E-state index < -0.39 is 11.3 Å². The van der Waals surface area contributed by atoms with Gasteiger partial charge < -0.3 is 0 Å². The Labute approximate surface area is 66.3 Å². The van der Waals surface area contributed by atoms with E-state index in [1.165, 1.54) is 0 Å². The first kappa shape index (κ1) is 6.63. The van der Waals surface area contributed by atoms with Crippen LogP contribution in [-0.4, -0.2) is 4.21 Å². The standard InChI is InChI=1S/C6H5N2O2S/c9-11-8-6-4-2-1-3-5(6)7-10-11/h1-4,8H. The molecule has 0 amide bonds. The average molecular weight is 169 g/mol. The molecular weight excluding hydrogens is 164 g/mol. The number of nitrogens with zero attached hydrogens (tertiary/aromatic N) is 1. The molecule has 1 aliphatic rings. The molecular formula is C6H5N2O2S. The van der Waals surface area contributed by atoms with E-state index in [1.807, 2.05) is 12.1 Å². The molecule has 1 N–H and O–H groups in total. The first-order valence-electron chi connectivity index (χ1n) is 3.02. The summed E-state index contributed by atoms with van der Waals surface area (Å²) in [5.41, 5.74) is 5.02. The van der Waals surface area contributed by atoms with Gasteiger partial charge in [0.15, 0.2) is 0 Å². The maximum atomic E-state index is 10.7. The summed E-state index contributed by atoms with van der Waals surface area (Å²) >= 11 is -1.52. The molecule has 1 heterocycles. The van der Waals surface area contributed by atoms with Crippen molar-refractivity contribution in [1.82, 2.24) is 5.48 Å². The Bertz CT molecular complexity index is 302. The van der Waals surface area contributed by atoms with Gasteiger partial charge in [0.25, 0.3) is 11.3 Å². The average Bonchev–Trinajstić information content (AvgIpc) is 2.04. The van der Waals surface area contributed by atoms with Crippen molar-refractivity contribution in [2.24, 2.45) is 0 Å². The highest BCUT2D eigenvalue weighted by Crippen LogP contribution is 2.24. The van der Waals surface area contributed by atoms with Crippen molar-refractivity contribution >= 4 is 22.6 Å². The Kier molecular flexibility index (Phi) is 1.52. The van der Waals surface area contributed by atoms with Crippen LogP contribution in [0.3, 0.4) is 0 Å². The van der Waals surface area contributed by atoms with Crippen LogP contribution in [0.2, 0.25) is 0 Å². The molecule has 1 aromatic carbocycles. The molecule has 0 aliphatic carbocycles. The molecule has 0 saturated carbocycles. The zero-order valence-corrected chi connectivity index (χ0v) is 6.30. The van der Waals surface area contributed by atoms with Crippen LogP contribution in [-0.2, 0) is 15.6 Å². The Hall–Kier alpha value is -1.07. The minimum Gasteiger partial charge on any atom is -0.278 e. The van der Waals surface area contributed by atoms with Crippen molar-refractivity contribution in [3.63, 3.8) is 0 Å². The second-order valence-corrected chi connectivity index (χ2v) is 2.84. The second-order valence-electron chi connectivity index (χ2n) is 2.02. The third kappa shape index (κ3) is 1.20. The highest BCUT2D eigenvalue weighted by molar-refractivity contribution is 7.81. The minimum atomic E-state index is -1.52. The van der Waals surface area contributed by atoms with Crippen LogP contribution >= 0.6 is 0 Å². The lowest BCUT2D eigenvalue weighted by molar-refractivity contribution is 0.267. The molecule has 0 spiro atoms. The zero-order valence-electron chi connectivity index (χ0n) is 5.48. The van der Waals surface area contributed by atoms with Gasteiger partial charge in [-0.1, -0.05) is 12.1 Å². The number of hydrogen-bond acceptors (Lipinski definition) is 2. The highest BCUT2D eigenvalue weighted by Gasteiger charge is 2.13. The number of hydrogen-bond donors (Lipinski definition) is 1. The van der Waals surface area contributed by atoms with E-state index >= 15 is 0 Å². The van der Waals surface area contributed by atoms with Gasteiger partial charge in [0.1, 0.15) is 5.69 Å². The van der Waals surface area contributed by atoms with Gasteiger partial charge in [0, 0.05) is 0 Å². The number of fused-ring (bicyclic) bond motifs is 1. The SMILES string of the molecule is O=S1Nc2ccccc2[N]O1. The molecule has 0 saturated heterocycles. The van der Waals surface area contributed by atoms with Crippen molar-refractivity contribution in [2.45, 2.75) is 0 Å². The Morgan fingerprint density at radius 3 is 3.18 bits per heavy atom. The highest BCUT2D eigenvalue weighted by atomic mass is 32.2. The van der Waals surface area contributed by atoms with Gasteiger partial charge in [-0.25, -0.2) is 4.21 Å². The van der Waals surface area contributed by atoms with Crippen LogP contribution < -0.4 is 10.2 Å². The summed E-state index contributed by atoms with van der Waals surface area (Å²) in [6.45, 7) is 0. The maximum Gasteiger partial charge on any atom is 0.286 e. The lowest BCUT2D eigenvalue weighted by Crippen LogP contribution is -2.18. The maximum absolute atomic E-state index is 10.7. The molecule has 0 fully saturated rings. The van der Waals surface area contributed by atoms with Crippen LogP contribution in [0.1, 0.15) is 0 Å². The largest absolute Gasteiger partial charge is 0.286 e. The van der Waals surface area contributed by atoms with Gasteiger partial charge in [-0.3, -0.25) is 4.72 Å². The topological polar surface area (TPSA) is 52.4 Å². The number of anilines is 1. The van der Waals surface area contributed by atoms with E-state index in [0.717, 1.165) is 5.69 Å². The molecule has 57 valence electrons. The third-order valence-corrected chi connectivity index (χ3v) is 1.90. The molecule has 1 aromatic rings. The number of para-hydroxylation sites is 1. The van der Waals surface area contributed by atoms with Crippen LogP contribution in [0.25, 0.3) is 0 Å². The minimum absolute atomic E-state index is 0.673. The molecule has 11 heavy (non-hydrogen) atoms. The van der Waals surface area contributed by atoms with Crippen molar-refractivity contribution < 1.29 is 8.49 Å². The fourth-order valence-corrected chi connectivity index (χ4v) is 1.36. The van der Waals surface area contributed by atoms with Gasteiger partial charge in [0.05, 0.1) is 5.69 Å². The normalized spacial score (nSPS) is 21.3. The van der Waals surface area contributed by atoms with Gasteiger partial charge in [-0.2, -0.15) is 0 Å². The van der Waals surface area contributed by atoms with Gasteiger partial charge in [-0.05, 0) is 12.1 Å². The molecule has 0 aromatic heterocycles. The van der Waals surface area contributed by atoms with Gasteiger partial charge >= 0.3 is 0 Å². The number of nitrogens with one attached hydrogen (secondary N) is 1. The summed E-state index contributed by atoms with van der Waals surface area (Å²) in [5.74, 6) is 0. The van der Waals surface area contributed by atoms with Crippen molar-refractivity contribution in [2.75, 3.05) is 4.72 Å². The zero-order chi connectivity index (χ0) is 7.68. The lowest BCUT2D eigenvalue weighted by atomic mass is 10.3. The van der Waals surface area contributed by atoms with E-state index in [1.54, 1.807) is 12.1 Å². The Balaban J connectivity index is 2.41. The van der Waals surface area contributed by atoms with Crippen molar-refractivity contribution in [1.29, 1.82) is 0 Å². The fourth-order valence-electron chi connectivity index (χ4n) is 0.822. The summed E-state index contributed by atoms with van der Waals surface area (Å²) in [5, 5.41) is 0. The number of benzene rings is 1. The van der Waals surface area contributed by atoms with Crippen LogP contribution in [0.4, 0.5) is 11.4 Å². The Morgan fingerprint density at radius 2 is 2.27 bits per heavy atom. The summed E-state index contributed by atoms with van der Waals surface area (Å²) < 4.78 is 17.8. The molecule has 1 atom stereocenters. The number of rotatable bonds is 0. The van der Waals surface area contributed by atoms with E-state index in [2.05, 4.69) is 14.5 Å². The fraction of sp³-hybridized carbons (Fsp3) is 0. The molecule has 5 heteroatoms. The third-order valence-electron chi connectivity index (χ3n) is 1.30. The van der Waals surface area contributed by atoms with Crippen molar-refractivity contribution in [3.05, 3.63) is 24.3 Å². The van der Waals surface area contributed by atoms with Crippen molar-refractivity contribution in [3.8, 4) is 0 Å². The monoisotopic (exact) mass is 169 g/mol. The predicted molar refractivity (Wildman–Crippen MR) is 41.1 cm³/mol. The summed E-state index contributed by atoms with van der Waals surface area (Å²) in [4.78, 5) is 0. The van der Waals surface area contributed by atoms with Crippen LogP contribution in [0.15, 0.2) is 24.3 Å². The molecule has 2 rings (SSSR count). The molecule has 0 bridgehead atoms. The molecule has 4 nitrogen and oxygen atoms in total. The summed E-state index contributed by atoms with van der Waals surface area (Å²) in [6.07, 6.45) is 0. The second kappa shape index (κ2) is 2.52. The predicted octanol–water partition coefficient (Wildman–Crippen LogP) is 0.858. The quantitative estimate of drug-likeness (QED) is 0.626. The molecule has 1 radical (unpaired) electrons. The Morgan fingerprint density at radius 1 is 1.45 bits per heavy atom. The lowest BCUT2D eigenvalue weighted by Gasteiger charge is -2.13. The molecule has 1 unspecified atom stereocenters. The van der Waals surface area contributed by atoms with E-state index in [9.17, 15) is 4.21 Å². The van der Waals surface area contributed by atoms with Crippen LogP contribution in [0.5, 0.6) is 0 Å². The smallest absolute Gasteiger partial charge is 0.278 e. The van der Waals surface area contributed by atoms with Crippen LogP contribution in [0, 0.1) is 0 Å². The van der Waals surface area contributed by atoms with Gasteiger partial charge in [-0.15, -0.1) is 9.76 Å².